The molecule has 0 aliphatic heterocycles. The minimum Gasteiger partial charge on any atom is -0.465 e. The molecule has 0 bridgehead atoms. The molecule has 3 heterocycles. The van der Waals surface area contributed by atoms with E-state index in [9.17, 15) is 14.0 Å². The summed E-state index contributed by atoms with van der Waals surface area (Å²) in [6.07, 6.45) is 6.02. The van der Waals surface area contributed by atoms with Gasteiger partial charge in [-0.25, -0.2) is 18.9 Å². The van der Waals surface area contributed by atoms with Gasteiger partial charge in [0.2, 0.25) is 0 Å². The second-order valence-electron chi connectivity index (χ2n) is 8.72. The number of nitrogens with zero attached hydrogens (tertiary/aromatic N) is 4. The van der Waals surface area contributed by atoms with Gasteiger partial charge in [-0.1, -0.05) is 13.8 Å². The van der Waals surface area contributed by atoms with Gasteiger partial charge in [0.15, 0.2) is 11.6 Å². The van der Waals surface area contributed by atoms with Gasteiger partial charge < -0.3 is 26.8 Å². The molecule has 0 saturated heterocycles. The molecule has 0 aliphatic rings. The topological polar surface area (TPSA) is 160 Å². The SMILES string of the molecule is Cc1cnn(-c2cncc(Nc3nc(N[C@H](CC(C)C)[C@H](C)NC(=O)O)c(F)cc3C(N)=O)c2)c1. The lowest BCUT2D eigenvalue weighted by atomic mass is 9.98. The Bertz CT molecular complexity index is 1210. The fourth-order valence-electron chi connectivity index (χ4n) is 3.55. The van der Waals surface area contributed by atoms with Crippen molar-refractivity contribution in [3.8, 4) is 5.69 Å². The molecule has 0 spiro atoms. The number of carboxylic acid groups (broad SMARTS) is 1. The molecule has 3 aromatic rings. The van der Waals surface area contributed by atoms with Gasteiger partial charge in [-0.05, 0) is 43.9 Å². The molecule has 6 N–H and O–H groups in total. The van der Waals surface area contributed by atoms with E-state index in [4.69, 9.17) is 10.8 Å². The van der Waals surface area contributed by atoms with Crippen molar-refractivity contribution in [1.29, 1.82) is 0 Å². The summed E-state index contributed by atoms with van der Waals surface area (Å²) in [6, 6.07) is 1.73. The highest BCUT2D eigenvalue weighted by atomic mass is 19.1. The number of primary amides is 1. The Kier molecular flexibility index (Phi) is 7.84. The summed E-state index contributed by atoms with van der Waals surface area (Å²) in [6.45, 7) is 7.53. The number of aromatic nitrogens is 4. The number of nitrogens with two attached hydrogens (primary N) is 1. The van der Waals surface area contributed by atoms with Crippen LogP contribution in [-0.4, -0.2) is 48.9 Å². The van der Waals surface area contributed by atoms with Crippen LogP contribution >= 0.6 is 0 Å². The number of halogens is 1. The fourth-order valence-corrected chi connectivity index (χ4v) is 3.55. The first-order valence-electron chi connectivity index (χ1n) is 11.0. The molecule has 3 aromatic heterocycles. The first kappa shape index (κ1) is 25.4. The minimum atomic E-state index is -1.19. The molecule has 2 atom stereocenters. The van der Waals surface area contributed by atoms with E-state index in [2.05, 4.69) is 31.0 Å². The Labute approximate surface area is 202 Å². The Morgan fingerprint density at radius 3 is 2.51 bits per heavy atom. The van der Waals surface area contributed by atoms with Crippen LogP contribution in [0.15, 0.2) is 36.9 Å². The monoisotopic (exact) mass is 484 g/mol. The number of nitrogens with one attached hydrogen (secondary N) is 3. The number of pyridine rings is 2. The Balaban J connectivity index is 1.94. The van der Waals surface area contributed by atoms with E-state index in [1.807, 2.05) is 27.0 Å². The van der Waals surface area contributed by atoms with Gasteiger partial charge in [-0.2, -0.15) is 5.10 Å². The second-order valence-corrected chi connectivity index (χ2v) is 8.72. The van der Waals surface area contributed by atoms with E-state index in [-0.39, 0.29) is 23.1 Å². The zero-order chi connectivity index (χ0) is 25.7. The van der Waals surface area contributed by atoms with Crippen LogP contribution in [0.25, 0.3) is 5.69 Å². The van der Waals surface area contributed by atoms with Crippen molar-refractivity contribution in [3.05, 3.63) is 53.9 Å². The molecule has 0 unspecified atom stereocenters. The van der Waals surface area contributed by atoms with E-state index in [0.717, 1.165) is 11.6 Å². The molecule has 0 radical (unpaired) electrons. The number of rotatable bonds is 10. The molecule has 186 valence electrons. The molecule has 0 aliphatic carbocycles. The van der Waals surface area contributed by atoms with Crippen LogP contribution < -0.4 is 21.7 Å². The summed E-state index contributed by atoms with van der Waals surface area (Å²) in [5, 5.41) is 21.7. The summed E-state index contributed by atoms with van der Waals surface area (Å²) in [7, 11) is 0. The molecule has 2 amide bonds. The molecule has 0 saturated carbocycles. The van der Waals surface area contributed by atoms with Gasteiger partial charge in [-0.15, -0.1) is 0 Å². The summed E-state index contributed by atoms with van der Waals surface area (Å²) in [4.78, 5) is 31.6. The third-order valence-corrected chi connectivity index (χ3v) is 5.21. The number of amides is 2. The number of carbonyl (C=O) groups excluding carboxylic acids is 1. The molecule has 3 rings (SSSR count). The predicted molar refractivity (Wildman–Crippen MR) is 130 cm³/mol. The number of anilines is 3. The predicted octanol–water partition coefficient (Wildman–Crippen LogP) is 3.44. The lowest BCUT2D eigenvalue weighted by Gasteiger charge is -2.27. The molecule has 0 aromatic carbocycles. The van der Waals surface area contributed by atoms with Crippen molar-refractivity contribution >= 4 is 29.3 Å². The van der Waals surface area contributed by atoms with Crippen LogP contribution in [0, 0.1) is 18.7 Å². The minimum absolute atomic E-state index is 0.0270. The second kappa shape index (κ2) is 10.8. The maximum atomic E-state index is 14.9. The number of hydrogen-bond donors (Lipinski definition) is 5. The quantitative estimate of drug-likeness (QED) is 0.292. The molecular formula is C23H29FN8O3. The van der Waals surface area contributed by atoms with Crippen molar-refractivity contribution in [3.63, 3.8) is 0 Å². The zero-order valence-electron chi connectivity index (χ0n) is 19.9. The van der Waals surface area contributed by atoms with Gasteiger partial charge in [0.25, 0.3) is 5.91 Å². The standard InChI is InChI=1S/C23H29FN8O3/c1-12(2)5-19(14(4)28-23(34)35)30-22-18(24)7-17(20(25)33)21(31-22)29-15-6-16(10-26-9-15)32-11-13(3)8-27-32/h6-12,14,19,28H,5H2,1-4H3,(H2,25,33)(H,34,35)(H2,29,30,31)/t14-,19+/m0/s1. The van der Waals surface area contributed by atoms with Crippen LogP contribution in [-0.2, 0) is 0 Å². The molecule has 12 heteroatoms. The van der Waals surface area contributed by atoms with E-state index in [1.54, 1.807) is 30.1 Å². The average molecular weight is 485 g/mol. The largest absolute Gasteiger partial charge is 0.465 e. The third kappa shape index (κ3) is 6.65. The molecule has 11 nitrogen and oxygen atoms in total. The molecular weight excluding hydrogens is 455 g/mol. The summed E-state index contributed by atoms with van der Waals surface area (Å²) in [5.74, 6) is -1.58. The maximum Gasteiger partial charge on any atom is 0.404 e. The molecule has 35 heavy (non-hydrogen) atoms. The highest BCUT2D eigenvalue weighted by Gasteiger charge is 2.24. The highest BCUT2D eigenvalue weighted by Crippen LogP contribution is 2.26. The van der Waals surface area contributed by atoms with Gasteiger partial charge in [0.05, 0.1) is 35.5 Å². The lowest BCUT2D eigenvalue weighted by molar-refractivity contribution is 0.100. The fraction of sp³-hybridized carbons (Fsp3) is 0.348. The van der Waals surface area contributed by atoms with E-state index in [1.165, 1.54) is 6.20 Å². The number of carbonyl (C=O) groups is 2. The summed E-state index contributed by atoms with van der Waals surface area (Å²) >= 11 is 0. The van der Waals surface area contributed by atoms with Crippen LogP contribution in [0.5, 0.6) is 0 Å². The smallest absolute Gasteiger partial charge is 0.404 e. The van der Waals surface area contributed by atoms with Crippen LogP contribution in [0.3, 0.4) is 0 Å². The van der Waals surface area contributed by atoms with Crippen LogP contribution in [0.4, 0.5) is 26.5 Å². The van der Waals surface area contributed by atoms with Gasteiger partial charge in [0, 0.05) is 18.3 Å². The first-order valence-corrected chi connectivity index (χ1v) is 11.0. The highest BCUT2D eigenvalue weighted by molar-refractivity contribution is 5.98. The Morgan fingerprint density at radius 2 is 1.91 bits per heavy atom. The maximum absolute atomic E-state index is 14.9. The lowest BCUT2D eigenvalue weighted by Crippen LogP contribution is -2.45. The zero-order valence-corrected chi connectivity index (χ0v) is 19.9. The van der Waals surface area contributed by atoms with Gasteiger partial charge in [0.1, 0.15) is 5.82 Å². The van der Waals surface area contributed by atoms with E-state index < -0.39 is 29.9 Å². The number of hydrogen-bond acceptors (Lipinski definition) is 7. The van der Waals surface area contributed by atoms with Crippen molar-refractivity contribution in [2.75, 3.05) is 10.6 Å². The Hall–Kier alpha value is -4.22. The van der Waals surface area contributed by atoms with Crippen LogP contribution in [0.2, 0.25) is 0 Å². The summed E-state index contributed by atoms with van der Waals surface area (Å²) in [5.41, 5.74) is 7.43. The molecule has 0 fully saturated rings. The average Bonchev–Trinajstić information content (AvgIpc) is 3.21. The normalized spacial score (nSPS) is 12.7. The van der Waals surface area contributed by atoms with Crippen molar-refractivity contribution in [1.82, 2.24) is 25.1 Å². The first-order chi connectivity index (χ1) is 16.5. The summed E-state index contributed by atoms with van der Waals surface area (Å²) < 4.78 is 16.6. The van der Waals surface area contributed by atoms with E-state index >= 15 is 0 Å². The van der Waals surface area contributed by atoms with Gasteiger partial charge >= 0.3 is 6.09 Å². The van der Waals surface area contributed by atoms with E-state index in [0.29, 0.717) is 17.8 Å². The van der Waals surface area contributed by atoms with Gasteiger partial charge in [-0.3, -0.25) is 9.78 Å². The third-order valence-electron chi connectivity index (χ3n) is 5.21. The number of aryl methyl sites for hydroxylation is 1. The Morgan fingerprint density at radius 1 is 1.17 bits per heavy atom. The van der Waals surface area contributed by atoms with Crippen molar-refractivity contribution < 1.29 is 19.1 Å². The van der Waals surface area contributed by atoms with Crippen molar-refractivity contribution in [2.24, 2.45) is 11.7 Å². The van der Waals surface area contributed by atoms with Crippen LogP contribution in [0.1, 0.15) is 43.1 Å². The van der Waals surface area contributed by atoms with Crippen molar-refractivity contribution in [2.45, 2.75) is 46.2 Å².